The molecule has 0 aliphatic rings. The van der Waals surface area contributed by atoms with Crippen LogP contribution in [0.25, 0.3) is 12.2 Å². The van der Waals surface area contributed by atoms with E-state index in [1.165, 1.54) is 19.4 Å². The van der Waals surface area contributed by atoms with Crippen LogP contribution in [0, 0.1) is 6.92 Å². The van der Waals surface area contributed by atoms with Gasteiger partial charge in [0.05, 0.1) is 29.6 Å². The highest BCUT2D eigenvalue weighted by atomic mass is 35.5. The Hall–Kier alpha value is -2.77. The Morgan fingerprint density at radius 1 is 1.11 bits per heavy atom. The number of allylic oxidation sites excluding steroid dienone is 6. The first-order chi connectivity index (χ1) is 13.2. The van der Waals surface area contributed by atoms with Crippen LogP contribution in [0.2, 0.25) is 5.02 Å². The van der Waals surface area contributed by atoms with Crippen molar-refractivity contribution in [1.82, 2.24) is 3.97 Å². The molecule has 2 aromatic heterocycles. The van der Waals surface area contributed by atoms with Crippen LogP contribution in [0.4, 0.5) is 0 Å². The number of ether oxygens (including phenoxy) is 1. The van der Waals surface area contributed by atoms with Crippen LogP contribution >= 0.6 is 11.6 Å². The maximum atomic E-state index is 11.7. The van der Waals surface area contributed by atoms with Gasteiger partial charge in [-0.2, -0.15) is 0 Å². The molecule has 2 aromatic rings. The summed E-state index contributed by atoms with van der Waals surface area (Å²) in [4.78, 5) is 11.7. The zero-order chi connectivity index (χ0) is 20.7. The molecule has 0 spiro atoms. The Morgan fingerprint density at radius 3 is 2.32 bits per heavy atom. The lowest BCUT2D eigenvalue weighted by molar-refractivity contribution is 0.395. The molecular weight excluding hydrogens is 402 g/mol. The molecule has 6 nitrogen and oxygen atoms in total. The van der Waals surface area contributed by atoms with Crippen LogP contribution in [0.3, 0.4) is 0 Å². The maximum absolute atomic E-state index is 11.7. The van der Waals surface area contributed by atoms with Gasteiger partial charge < -0.3 is 9.15 Å². The van der Waals surface area contributed by atoms with Crippen LogP contribution < -0.4 is 10.4 Å². The Bertz CT molecular complexity index is 1120. The van der Waals surface area contributed by atoms with E-state index in [4.69, 9.17) is 20.8 Å². The SMILES string of the molecule is COc1cc(/C=C/C=C/C=C/C=C/c2c(Cl)ccn2S(C)(=O)=O)oc(=O)c1C. The van der Waals surface area contributed by atoms with Crippen LogP contribution in [0.15, 0.2) is 64.0 Å². The van der Waals surface area contributed by atoms with E-state index in [0.717, 1.165) is 10.2 Å². The van der Waals surface area contributed by atoms with Crippen LogP contribution in [-0.4, -0.2) is 25.8 Å². The molecule has 0 radical (unpaired) electrons. The second-order valence-electron chi connectivity index (χ2n) is 5.73. The molecule has 0 aromatic carbocycles. The molecule has 0 N–H and O–H groups in total. The van der Waals surface area contributed by atoms with Crippen LogP contribution in [0.1, 0.15) is 17.0 Å². The lowest BCUT2D eigenvalue weighted by Crippen LogP contribution is -2.10. The summed E-state index contributed by atoms with van der Waals surface area (Å²) in [5, 5.41) is 0.351. The number of hydrogen-bond acceptors (Lipinski definition) is 5. The van der Waals surface area contributed by atoms with Gasteiger partial charge in [0.1, 0.15) is 11.5 Å². The molecule has 2 heterocycles. The third-order valence-electron chi connectivity index (χ3n) is 3.65. The van der Waals surface area contributed by atoms with Crippen molar-refractivity contribution < 1.29 is 17.6 Å². The summed E-state index contributed by atoms with van der Waals surface area (Å²) < 4.78 is 34.7. The van der Waals surface area contributed by atoms with E-state index in [0.29, 0.717) is 27.8 Å². The minimum absolute atomic E-state index is 0.351. The maximum Gasteiger partial charge on any atom is 0.342 e. The van der Waals surface area contributed by atoms with Gasteiger partial charge in [0.2, 0.25) is 10.0 Å². The summed E-state index contributed by atoms with van der Waals surface area (Å²) in [5.41, 5.74) is 0.374. The molecule has 0 saturated heterocycles. The largest absolute Gasteiger partial charge is 0.496 e. The number of hydrogen-bond donors (Lipinski definition) is 0. The number of methoxy groups -OCH3 is 1. The number of aromatic nitrogens is 1. The normalized spacial score (nSPS) is 12.9. The van der Waals surface area contributed by atoms with Gasteiger partial charge in [-0.05, 0) is 25.1 Å². The molecule has 0 amide bonds. The van der Waals surface area contributed by atoms with Crippen molar-refractivity contribution in [3.05, 3.63) is 87.2 Å². The van der Waals surface area contributed by atoms with Gasteiger partial charge in [-0.25, -0.2) is 17.2 Å². The first-order valence-electron chi connectivity index (χ1n) is 8.18. The first kappa shape index (κ1) is 21.5. The fourth-order valence-electron chi connectivity index (χ4n) is 2.25. The van der Waals surface area contributed by atoms with Crippen molar-refractivity contribution in [3.8, 4) is 5.75 Å². The Balaban J connectivity index is 2.01. The van der Waals surface area contributed by atoms with Crippen LogP contribution in [-0.2, 0) is 10.0 Å². The zero-order valence-corrected chi connectivity index (χ0v) is 17.2. The summed E-state index contributed by atoms with van der Waals surface area (Å²) in [6.07, 6.45) is 16.2. The van der Waals surface area contributed by atoms with Gasteiger partial charge in [-0.1, -0.05) is 48.1 Å². The van der Waals surface area contributed by atoms with Crippen molar-refractivity contribution in [1.29, 1.82) is 0 Å². The van der Waals surface area contributed by atoms with E-state index in [2.05, 4.69) is 0 Å². The smallest absolute Gasteiger partial charge is 0.342 e. The molecule has 0 saturated carbocycles. The minimum Gasteiger partial charge on any atom is -0.496 e. The summed E-state index contributed by atoms with van der Waals surface area (Å²) in [6.45, 7) is 1.64. The highest BCUT2D eigenvalue weighted by Gasteiger charge is 2.11. The van der Waals surface area contributed by atoms with E-state index in [1.54, 1.807) is 61.6 Å². The van der Waals surface area contributed by atoms with Gasteiger partial charge in [-0.3, -0.25) is 0 Å². The van der Waals surface area contributed by atoms with Gasteiger partial charge in [0.15, 0.2) is 0 Å². The molecule has 0 bridgehead atoms. The summed E-state index contributed by atoms with van der Waals surface area (Å²) in [7, 11) is -1.92. The third kappa shape index (κ3) is 5.61. The van der Waals surface area contributed by atoms with Crippen LogP contribution in [0.5, 0.6) is 5.75 Å². The first-order valence-corrected chi connectivity index (χ1v) is 10.4. The molecule has 0 aliphatic carbocycles. The van der Waals surface area contributed by atoms with Crippen molar-refractivity contribution in [2.45, 2.75) is 6.92 Å². The lowest BCUT2D eigenvalue weighted by atomic mass is 10.2. The monoisotopic (exact) mass is 421 g/mol. The molecule has 2 rings (SSSR count). The molecule has 0 atom stereocenters. The molecule has 0 unspecified atom stereocenters. The van der Waals surface area contributed by atoms with E-state index < -0.39 is 15.6 Å². The zero-order valence-electron chi connectivity index (χ0n) is 15.6. The standard InChI is InChI=1S/C20H20ClNO5S/c1-15-19(26-2)14-16(27-20(15)23)10-8-6-4-5-7-9-11-18-17(21)12-13-22(18)28(3,24)25/h4-14H,1-3H3/b6-4+,7-5+,10-8+,11-9+. The quantitative estimate of drug-likeness (QED) is 0.630. The number of rotatable bonds is 7. The second-order valence-corrected chi connectivity index (χ2v) is 7.99. The highest BCUT2D eigenvalue weighted by Crippen LogP contribution is 2.20. The Labute approximate surface area is 168 Å². The molecule has 0 aliphatic heterocycles. The molecule has 8 heteroatoms. The molecule has 28 heavy (non-hydrogen) atoms. The number of halogens is 1. The predicted octanol–water partition coefficient (Wildman–Crippen LogP) is 4.06. The van der Waals surface area contributed by atoms with Gasteiger partial charge in [-0.15, -0.1) is 0 Å². The summed E-state index contributed by atoms with van der Waals surface area (Å²) in [6, 6.07) is 3.16. The molecule has 148 valence electrons. The number of nitrogens with zero attached hydrogens (tertiary/aromatic N) is 1. The predicted molar refractivity (Wildman–Crippen MR) is 112 cm³/mol. The third-order valence-corrected chi connectivity index (χ3v) is 5.00. The van der Waals surface area contributed by atoms with E-state index in [-0.39, 0.29) is 0 Å². The van der Waals surface area contributed by atoms with E-state index in [1.807, 2.05) is 0 Å². The Morgan fingerprint density at radius 2 is 1.71 bits per heavy atom. The average molecular weight is 422 g/mol. The van der Waals surface area contributed by atoms with Crippen molar-refractivity contribution in [2.75, 3.05) is 13.4 Å². The second kappa shape index (κ2) is 9.43. The van der Waals surface area contributed by atoms with Crippen molar-refractivity contribution in [3.63, 3.8) is 0 Å². The topological polar surface area (TPSA) is 78.5 Å². The fourth-order valence-corrected chi connectivity index (χ4v) is 3.30. The van der Waals surface area contributed by atoms with E-state index >= 15 is 0 Å². The molecular formula is C20H20ClNO5S. The van der Waals surface area contributed by atoms with E-state index in [9.17, 15) is 13.2 Å². The minimum atomic E-state index is -3.41. The fraction of sp³-hybridized carbons (Fsp3) is 0.150. The summed E-state index contributed by atoms with van der Waals surface area (Å²) in [5.74, 6) is 0.861. The van der Waals surface area contributed by atoms with Gasteiger partial charge in [0, 0.05) is 12.3 Å². The lowest BCUT2D eigenvalue weighted by Gasteiger charge is -2.02. The summed E-state index contributed by atoms with van der Waals surface area (Å²) >= 11 is 6.01. The van der Waals surface area contributed by atoms with Gasteiger partial charge in [0.25, 0.3) is 0 Å². The van der Waals surface area contributed by atoms with Crippen molar-refractivity contribution in [2.24, 2.45) is 0 Å². The van der Waals surface area contributed by atoms with Gasteiger partial charge >= 0.3 is 5.63 Å². The highest BCUT2D eigenvalue weighted by molar-refractivity contribution is 7.89. The van der Waals surface area contributed by atoms with Crippen molar-refractivity contribution >= 4 is 33.8 Å². The molecule has 0 fully saturated rings. The average Bonchev–Trinajstić information content (AvgIpc) is 3.01. The Kier molecular flexibility index (Phi) is 7.25.